The van der Waals surface area contributed by atoms with Crippen LogP contribution in [0.3, 0.4) is 0 Å². The van der Waals surface area contributed by atoms with Gasteiger partial charge in [0.25, 0.3) is 0 Å². The predicted octanol–water partition coefficient (Wildman–Crippen LogP) is 0.880. The van der Waals surface area contributed by atoms with E-state index in [0.717, 1.165) is 0 Å². The first-order valence-electron chi connectivity index (χ1n) is 2.16. The minimum atomic E-state index is 0.218. The number of carbonyl (C=O) groups excluding carboxylic acids is 1. The molecule has 48 valence electrons. The Morgan fingerprint density at radius 1 is 1.50 bits per heavy atom. The van der Waals surface area contributed by atoms with E-state index in [-0.39, 0.29) is 6.00 Å². The molecule has 0 bridgehead atoms. The van der Waals surface area contributed by atoms with Crippen LogP contribution in [0.5, 0.6) is 0 Å². The number of carbonyl (C=O) groups is 1. The summed E-state index contributed by atoms with van der Waals surface area (Å²) in [6.45, 7) is 0.522. The van der Waals surface area contributed by atoms with Gasteiger partial charge in [0.05, 0.1) is 6.00 Å². The van der Waals surface area contributed by atoms with Crippen molar-refractivity contribution in [3.05, 3.63) is 0 Å². The minimum Gasteiger partial charge on any atom is -0.330 e. The summed E-state index contributed by atoms with van der Waals surface area (Å²) in [5.74, 6) is 0.436. The molecule has 8 heavy (non-hydrogen) atoms. The quantitative estimate of drug-likeness (QED) is 0.336. The van der Waals surface area contributed by atoms with E-state index in [1.54, 1.807) is 0 Å². The molecule has 0 spiro atoms. The average Bonchev–Trinajstić information content (AvgIpc) is 1.83. The zero-order valence-electron chi connectivity index (χ0n) is 4.31. The van der Waals surface area contributed by atoms with E-state index in [0.29, 0.717) is 18.8 Å². The van der Waals surface area contributed by atoms with E-state index in [9.17, 15) is 4.79 Å². The van der Waals surface area contributed by atoms with Crippen LogP contribution < -0.4 is 0 Å². The third kappa shape index (κ3) is 3.10. The third-order valence-corrected chi connectivity index (χ3v) is 1.15. The summed E-state index contributed by atoms with van der Waals surface area (Å²) in [7, 11) is 0. The summed E-state index contributed by atoms with van der Waals surface area (Å²) in [6.07, 6.45) is 0.676. The van der Waals surface area contributed by atoms with Crippen molar-refractivity contribution in [1.29, 1.82) is 0 Å². The molecule has 0 atom stereocenters. The first-order chi connectivity index (χ1) is 3.85. The Balaban J connectivity index is 3.21. The van der Waals surface area contributed by atoms with E-state index in [1.807, 2.05) is 0 Å². The molecule has 0 radical (unpaired) electrons. The smallest absolute Gasteiger partial charge is 0.210 e. The van der Waals surface area contributed by atoms with Crippen molar-refractivity contribution in [3.63, 3.8) is 0 Å². The molecule has 0 aliphatic heterocycles. The van der Waals surface area contributed by atoms with Gasteiger partial charge in [0.1, 0.15) is 0 Å². The first kappa shape index (κ1) is 8.05. The third-order valence-electron chi connectivity index (χ3n) is 0.674. The van der Waals surface area contributed by atoms with Gasteiger partial charge in [-0.3, -0.25) is 4.79 Å². The lowest BCUT2D eigenvalue weighted by Crippen LogP contribution is -2.21. The van der Waals surface area contributed by atoms with Crippen molar-refractivity contribution in [2.24, 2.45) is 0 Å². The van der Waals surface area contributed by atoms with Crippen LogP contribution in [0.4, 0.5) is 0 Å². The molecule has 0 aromatic rings. The number of rotatable bonds is 4. The molecule has 0 aliphatic carbocycles. The van der Waals surface area contributed by atoms with Crippen LogP contribution in [0.25, 0.3) is 0 Å². The summed E-state index contributed by atoms with van der Waals surface area (Å²) in [5.41, 5.74) is 0. The molecule has 0 rings (SSSR count). The summed E-state index contributed by atoms with van der Waals surface area (Å²) < 4.78 is 0. The van der Waals surface area contributed by atoms with E-state index in [2.05, 4.69) is 0 Å². The average molecular weight is 156 g/mol. The fourth-order valence-electron chi connectivity index (χ4n) is 0.249. The second-order valence-electron chi connectivity index (χ2n) is 1.23. The molecule has 1 amide bonds. The number of amides is 1. The van der Waals surface area contributed by atoms with Gasteiger partial charge in [-0.25, -0.2) is 0 Å². The molecule has 2 nitrogen and oxygen atoms in total. The van der Waals surface area contributed by atoms with Gasteiger partial charge in [-0.1, -0.05) is 0 Å². The van der Waals surface area contributed by atoms with Crippen molar-refractivity contribution < 1.29 is 4.79 Å². The zero-order chi connectivity index (χ0) is 6.41. The molecule has 0 aromatic carbocycles. The standard InChI is InChI=1S/C4H7Cl2NO/c5-1-2-7(3-6)4-8/h4H,1-3H2. The van der Waals surface area contributed by atoms with Crippen LogP contribution in [0.15, 0.2) is 0 Å². The van der Waals surface area contributed by atoms with E-state index < -0.39 is 0 Å². The van der Waals surface area contributed by atoms with Gasteiger partial charge in [-0.05, 0) is 0 Å². The Bertz CT molecular complexity index is 69.1. The van der Waals surface area contributed by atoms with Crippen molar-refractivity contribution in [1.82, 2.24) is 4.90 Å². The van der Waals surface area contributed by atoms with Gasteiger partial charge in [0.15, 0.2) is 0 Å². The normalized spacial score (nSPS) is 8.75. The minimum absolute atomic E-state index is 0.218. The molecule has 0 fully saturated rings. The molecular formula is C4H7Cl2NO. The van der Waals surface area contributed by atoms with E-state index in [4.69, 9.17) is 23.2 Å². The van der Waals surface area contributed by atoms with Crippen LogP contribution in [0.2, 0.25) is 0 Å². The first-order valence-corrected chi connectivity index (χ1v) is 3.23. The van der Waals surface area contributed by atoms with Crippen molar-refractivity contribution >= 4 is 29.6 Å². The Labute approximate surface area is 58.4 Å². The summed E-state index contributed by atoms with van der Waals surface area (Å²) in [5, 5.41) is 0. The molecule has 0 aromatic heterocycles. The Kier molecular flexibility index (Phi) is 5.22. The Hall–Kier alpha value is 0.0500. The summed E-state index contributed by atoms with van der Waals surface area (Å²) >= 11 is 10.6. The van der Waals surface area contributed by atoms with Crippen molar-refractivity contribution in [3.8, 4) is 0 Å². The number of hydrogen-bond donors (Lipinski definition) is 0. The Morgan fingerprint density at radius 3 is 2.25 bits per heavy atom. The van der Waals surface area contributed by atoms with Gasteiger partial charge in [0.2, 0.25) is 6.41 Å². The highest BCUT2D eigenvalue weighted by Crippen LogP contribution is 1.86. The lowest BCUT2D eigenvalue weighted by molar-refractivity contribution is -0.117. The molecule has 0 unspecified atom stereocenters. The van der Waals surface area contributed by atoms with Gasteiger partial charge in [-0.2, -0.15) is 0 Å². The number of nitrogens with zero attached hydrogens (tertiary/aromatic N) is 1. The van der Waals surface area contributed by atoms with Crippen molar-refractivity contribution in [2.75, 3.05) is 18.4 Å². The van der Waals surface area contributed by atoms with Crippen molar-refractivity contribution in [2.45, 2.75) is 0 Å². The van der Waals surface area contributed by atoms with Gasteiger partial charge < -0.3 is 4.90 Å². The van der Waals surface area contributed by atoms with Gasteiger partial charge in [0, 0.05) is 12.4 Å². The van der Waals surface area contributed by atoms with Gasteiger partial charge in [-0.15, -0.1) is 23.2 Å². The second kappa shape index (κ2) is 5.19. The predicted molar refractivity (Wildman–Crippen MR) is 34.2 cm³/mol. The second-order valence-corrected chi connectivity index (χ2v) is 1.84. The van der Waals surface area contributed by atoms with Crippen LogP contribution in [-0.2, 0) is 4.79 Å². The highest BCUT2D eigenvalue weighted by atomic mass is 35.5. The summed E-state index contributed by atoms with van der Waals surface area (Å²) in [6, 6.07) is 0.218. The molecule has 0 N–H and O–H groups in total. The fraction of sp³-hybridized carbons (Fsp3) is 0.750. The molecular weight excluding hydrogens is 149 g/mol. The van der Waals surface area contributed by atoms with E-state index >= 15 is 0 Å². The number of alkyl halides is 2. The summed E-state index contributed by atoms with van der Waals surface area (Å²) in [4.78, 5) is 11.3. The zero-order valence-corrected chi connectivity index (χ0v) is 5.82. The molecule has 0 saturated heterocycles. The Morgan fingerprint density at radius 2 is 2.12 bits per heavy atom. The highest BCUT2D eigenvalue weighted by Gasteiger charge is 1.93. The highest BCUT2D eigenvalue weighted by molar-refractivity contribution is 6.19. The largest absolute Gasteiger partial charge is 0.330 e. The maximum absolute atomic E-state index is 9.91. The lowest BCUT2D eigenvalue weighted by atomic mass is 10.7. The maximum atomic E-state index is 9.91. The fourth-order valence-corrected chi connectivity index (χ4v) is 0.642. The maximum Gasteiger partial charge on any atom is 0.210 e. The monoisotopic (exact) mass is 155 g/mol. The van der Waals surface area contributed by atoms with Crippen LogP contribution in [-0.4, -0.2) is 29.7 Å². The number of hydrogen-bond acceptors (Lipinski definition) is 1. The topological polar surface area (TPSA) is 20.3 Å². The molecule has 0 aliphatic rings. The van der Waals surface area contributed by atoms with E-state index in [1.165, 1.54) is 4.90 Å². The molecule has 4 heteroatoms. The van der Waals surface area contributed by atoms with Gasteiger partial charge >= 0.3 is 0 Å². The lowest BCUT2D eigenvalue weighted by Gasteiger charge is -2.09. The number of halogens is 2. The van der Waals surface area contributed by atoms with Crippen LogP contribution in [0.1, 0.15) is 0 Å². The van der Waals surface area contributed by atoms with Crippen LogP contribution in [0, 0.1) is 0 Å². The SMILES string of the molecule is O=CN(CCl)CCCl. The molecule has 0 heterocycles. The van der Waals surface area contributed by atoms with Crippen LogP contribution >= 0.6 is 23.2 Å². The molecule has 0 saturated carbocycles.